The van der Waals surface area contributed by atoms with Crippen molar-refractivity contribution in [3.05, 3.63) is 0 Å². The van der Waals surface area contributed by atoms with Gasteiger partial charge in [-0.05, 0) is 6.92 Å². The molecule has 0 radical (unpaired) electrons. The molecule has 0 aliphatic heterocycles. The molecule has 0 heterocycles. The van der Waals surface area contributed by atoms with Crippen LogP contribution >= 0.6 is 24.4 Å². The number of hydrogen-bond donors (Lipinski definition) is 1. The number of thioether (sulfide) groups is 1. The first-order chi connectivity index (χ1) is 4.31. The van der Waals surface area contributed by atoms with Gasteiger partial charge in [0.1, 0.15) is 4.58 Å². The quantitative estimate of drug-likeness (QED) is 0.360. The molecule has 0 aromatic heterocycles. The lowest BCUT2D eigenvalue weighted by Crippen LogP contribution is -1.85. The summed E-state index contributed by atoms with van der Waals surface area (Å²) in [6.45, 7) is 1.81. The summed E-state index contributed by atoms with van der Waals surface area (Å²) in [7, 11) is 0. The molecule has 0 aliphatic rings. The first-order valence-corrected chi connectivity index (χ1v) is 4.03. The van der Waals surface area contributed by atoms with Crippen molar-refractivity contribution < 1.29 is 0 Å². The Morgan fingerprint density at radius 3 is 2.89 bits per heavy atom. The summed E-state index contributed by atoms with van der Waals surface area (Å²) < 4.78 is -0.00847. The smallest absolute Gasteiger partial charge is 0.109 e. The molecule has 0 aromatic carbocycles. The van der Waals surface area contributed by atoms with Crippen LogP contribution < -0.4 is 0 Å². The van der Waals surface area contributed by atoms with Crippen molar-refractivity contribution in [2.75, 3.05) is 5.75 Å². The molecule has 0 aromatic rings. The van der Waals surface area contributed by atoms with Gasteiger partial charge in [0.2, 0.25) is 0 Å². The van der Waals surface area contributed by atoms with Crippen LogP contribution in [0.4, 0.5) is 0 Å². The second-order valence-corrected chi connectivity index (χ2v) is 3.22. The highest BCUT2D eigenvalue weighted by molar-refractivity contribution is 8.10. The predicted molar refractivity (Wildman–Crippen MR) is 47.5 cm³/mol. The van der Waals surface area contributed by atoms with Crippen LogP contribution in [0.5, 0.6) is 0 Å². The van der Waals surface area contributed by atoms with E-state index in [0.717, 1.165) is 5.75 Å². The Bertz CT molecular complexity index is 156. The minimum Gasteiger partial charge on any atom is -0.152 e. The molecule has 0 saturated heterocycles. The van der Waals surface area contributed by atoms with Crippen LogP contribution in [-0.2, 0) is 0 Å². The van der Waals surface area contributed by atoms with Gasteiger partial charge < -0.3 is 0 Å². The molecule has 0 spiro atoms. The summed E-state index contributed by atoms with van der Waals surface area (Å²) >= 11 is 5.62. The zero-order valence-corrected chi connectivity index (χ0v) is 6.93. The van der Waals surface area contributed by atoms with Gasteiger partial charge in [0.15, 0.2) is 0 Å². The maximum absolute atomic E-state index is 5.06. The Morgan fingerprint density at radius 1 is 1.78 bits per heavy atom. The average Bonchev–Trinajstić information content (AvgIpc) is 1.89. The lowest BCUT2D eigenvalue weighted by atomic mass is 10.7. The van der Waals surface area contributed by atoms with Crippen LogP contribution in [0.1, 0.15) is 6.92 Å². The van der Waals surface area contributed by atoms with E-state index in [-0.39, 0.29) is 4.58 Å². The Balaban J connectivity index is 3.26. The maximum Gasteiger partial charge on any atom is 0.109 e. The van der Waals surface area contributed by atoms with Crippen LogP contribution in [0.3, 0.4) is 0 Å². The minimum absolute atomic E-state index is 0.00847. The summed E-state index contributed by atoms with van der Waals surface area (Å²) in [5.41, 5.74) is 0. The first-order valence-electron chi connectivity index (χ1n) is 2.46. The molecule has 0 bridgehead atoms. The molecular formula is C7H8S2. The van der Waals surface area contributed by atoms with E-state index < -0.39 is 0 Å². The molecule has 1 unspecified atom stereocenters. The van der Waals surface area contributed by atoms with Crippen LogP contribution in [0.15, 0.2) is 0 Å². The molecule has 48 valence electrons. The molecule has 0 aliphatic carbocycles. The SMILES string of the molecule is C#CC(S)SCC#CC. The summed E-state index contributed by atoms with van der Waals surface area (Å²) in [5.74, 6) is 8.91. The molecule has 0 rings (SSSR count). The zero-order chi connectivity index (χ0) is 7.11. The molecule has 0 N–H and O–H groups in total. The number of rotatable bonds is 2. The monoisotopic (exact) mass is 156 g/mol. The van der Waals surface area contributed by atoms with Gasteiger partial charge in [0.05, 0.1) is 5.75 Å². The molecule has 0 nitrogen and oxygen atoms in total. The Kier molecular flexibility index (Phi) is 5.83. The standard InChI is InChI=1S/C7H8S2/c1-3-5-6-9-7(8)4-2/h2,7-8H,6H2,1H3. The van der Waals surface area contributed by atoms with E-state index in [0.29, 0.717) is 0 Å². The van der Waals surface area contributed by atoms with E-state index in [2.05, 4.69) is 30.4 Å². The molecule has 9 heavy (non-hydrogen) atoms. The van der Waals surface area contributed by atoms with Crippen molar-refractivity contribution in [2.24, 2.45) is 0 Å². The topological polar surface area (TPSA) is 0 Å². The van der Waals surface area contributed by atoms with Gasteiger partial charge in [-0.25, -0.2) is 0 Å². The van der Waals surface area contributed by atoms with Crippen LogP contribution in [0.2, 0.25) is 0 Å². The van der Waals surface area contributed by atoms with Crippen molar-refractivity contribution in [3.63, 3.8) is 0 Å². The van der Waals surface area contributed by atoms with Gasteiger partial charge in [-0.15, -0.1) is 24.1 Å². The fourth-order valence-electron chi connectivity index (χ4n) is 0.241. The molecule has 2 heteroatoms. The normalized spacial score (nSPS) is 10.8. The molecule has 1 atom stereocenters. The lowest BCUT2D eigenvalue weighted by Gasteiger charge is -1.95. The summed E-state index contributed by atoms with van der Waals surface area (Å²) in [5, 5.41) is 0. The number of hydrogen-bond acceptors (Lipinski definition) is 2. The highest BCUT2D eigenvalue weighted by atomic mass is 32.2. The highest BCUT2D eigenvalue weighted by Gasteiger charge is 1.92. The van der Waals surface area contributed by atoms with E-state index in [1.165, 1.54) is 0 Å². The zero-order valence-electron chi connectivity index (χ0n) is 5.22. The lowest BCUT2D eigenvalue weighted by molar-refractivity contribution is 1.76. The van der Waals surface area contributed by atoms with E-state index in [4.69, 9.17) is 6.42 Å². The number of thiol groups is 1. The van der Waals surface area contributed by atoms with Crippen molar-refractivity contribution in [2.45, 2.75) is 11.5 Å². The minimum atomic E-state index is -0.00847. The largest absolute Gasteiger partial charge is 0.152 e. The highest BCUT2D eigenvalue weighted by Crippen LogP contribution is 2.11. The van der Waals surface area contributed by atoms with Gasteiger partial charge in [0.25, 0.3) is 0 Å². The van der Waals surface area contributed by atoms with E-state index in [9.17, 15) is 0 Å². The van der Waals surface area contributed by atoms with Crippen molar-refractivity contribution in [1.82, 2.24) is 0 Å². The van der Waals surface area contributed by atoms with Gasteiger partial charge >= 0.3 is 0 Å². The molecular weight excluding hydrogens is 148 g/mol. The Morgan fingerprint density at radius 2 is 2.44 bits per heavy atom. The van der Waals surface area contributed by atoms with Gasteiger partial charge in [-0.3, -0.25) is 0 Å². The van der Waals surface area contributed by atoms with Crippen LogP contribution in [-0.4, -0.2) is 10.3 Å². The summed E-state index contributed by atoms with van der Waals surface area (Å²) in [6.07, 6.45) is 5.06. The van der Waals surface area contributed by atoms with Gasteiger partial charge in [-0.2, -0.15) is 12.6 Å². The maximum atomic E-state index is 5.06. The van der Waals surface area contributed by atoms with Crippen molar-refractivity contribution in [1.29, 1.82) is 0 Å². The van der Waals surface area contributed by atoms with Gasteiger partial charge in [0, 0.05) is 0 Å². The molecule has 0 saturated carbocycles. The Labute approximate surface area is 66.2 Å². The number of terminal acetylenes is 1. The van der Waals surface area contributed by atoms with Crippen LogP contribution in [0, 0.1) is 24.2 Å². The van der Waals surface area contributed by atoms with E-state index in [1.54, 1.807) is 11.8 Å². The third-order valence-electron chi connectivity index (χ3n) is 0.633. The first kappa shape index (κ1) is 8.82. The van der Waals surface area contributed by atoms with E-state index >= 15 is 0 Å². The third kappa shape index (κ3) is 5.69. The summed E-state index contributed by atoms with van der Waals surface area (Å²) in [6, 6.07) is 0. The van der Waals surface area contributed by atoms with Crippen LogP contribution in [0.25, 0.3) is 0 Å². The van der Waals surface area contributed by atoms with E-state index in [1.807, 2.05) is 6.92 Å². The average molecular weight is 156 g/mol. The van der Waals surface area contributed by atoms with Gasteiger partial charge in [-0.1, -0.05) is 11.8 Å². The third-order valence-corrected chi connectivity index (χ3v) is 1.99. The van der Waals surface area contributed by atoms with Crippen molar-refractivity contribution >= 4 is 24.4 Å². The van der Waals surface area contributed by atoms with Crippen molar-refractivity contribution in [3.8, 4) is 24.2 Å². The Hall–Kier alpha value is -0.180. The fraction of sp³-hybridized carbons (Fsp3) is 0.429. The summed E-state index contributed by atoms with van der Waals surface area (Å²) in [4.78, 5) is 0. The predicted octanol–water partition coefficient (Wildman–Crippen LogP) is 1.63. The molecule has 0 amide bonds. The fourth-order valence-corrected chi connectivity index (χ4v) is 0.946. The second kappa shape index (κ2) is 5.95. The molecule has 0 fully saturated rings. The second-order valence-electron chi connectivity index (χ2n) is 1.26.